The molecule has 7 heteroatoms. The van der Waals surface area contributed by atoms with Gasteiger partial charge in [0.05, 0.1) is 25.0 Å². The van der Waals surface area contributed by atoms with E-state index in [1.807, 2.05) is 19.1 Å². The van der Waals surface area contributed by atoms with Crippen molar-refractivity contribution >= 4 is 17.9 Å². The summed E-state index contributed by atoms with van der Waals surface area (Å²) in [7, 11) is 0. The first kappa shape index (κ1) is 23.3. The van der Waals surface area contributed by atoms with Crippen molar-refractivity contribution in [1.29, 1.82) is 0 Å². The molecule has 1 heterocycles. The molecule has 0 bridgehead atoms. The molecule has 5 unspecified atom stereocenters. The normalized spacial score (nSPS) is 35.5. The molecule has 0 radical (unpaired) electrons. The third-order valence-electron chi connectivity index (χ3n) is 7.56. The average molecular weight is 433 g/mol. The van der Waals surface area contributed by atoms with Gasteiger partial charge in [-0.2, -0.15) is 0 Å². The Balaban J connectivity index is 1.82. The number of hydrogen-bond acceptors (Lipinski definition) is 6. The van der Waals surface area contributed by atoms with E-state index < -0.39 is 23.5 Å². The number of rotatable bonds is 7. The first-order valence-electron chi connectivity index (χ1n) is 10.9. The minimum absolute atomic E-state index is 0.0232. The molecule has 0 amide bonds. The number of aliphatic hydroxyl groups is 1. The summed E-state index contributed by atoms with van der Waals surface area (Å²) in [5.74, 6) is -1.81. The van der Waals surface area contributed by atoms with Crippen LogP contribution in [-0.2, 0) is 23.9 Å². The molecule has 0 aromatic carbocycles. The van der Waals surface area contributed by atoms with E-state index in [0.29, 0.717) is 18.6 Å². The van der Waals surface area contributed by atoms with Crippen LogP contribution >= 0.6 is 0 Å². The summed E-state index contributed by atoms with van der Waals surface area (Å²) < 4.78 is 10.7. The number of carboxylic acid groups (broad SMARTS) is 1. The lowest BCUT2D eigenvalue weighted by molar-refractivity contribution is -0.185. The van der Waals surface area contributed by atoms with Crippen LogP contribution in [0.2, 0.25) is 0 Å². The highest BCUT2D eigenvalue weighted by Gasteiger charge is 2.58. The largest absolute Gasteiger partial charge is 0.481 e. The highest BCUT2D eigenvalue weighted by Crippen LogP contribution is 2.61. The standard InChI is InChI=1S/C24H32O7/c1-15-4-7-18-23(2,17(15)6-5-16-11-13-30-22(16)29)12-10-19(24(18,3)14-25)31-21(28)9-8-20(26)27/h5-6,11,17-19,25H,1,4,7-10,12-14H2,2-3H3,(H,26,27)/b6-5+. The number of ether oxygens (including phenoxy) is 2. The van der Waals surface area contributed by atoms with Gasteiger partial charge in [-0.15, -0.1) is 0 Å². The van der Waals surface area contributed by atoms with E-state index in [-0.39, 0.29) is 42.7 Å². The van der Waals surface area contributed by atoms with E-state index in [9.17, 15) is 19.5 Å². The van der Waals surface area contributed by atoms with Gasteiger partial charge in [-0.25, -0.2) is 4.79 Å². The number of carbonyl (C=O) groups is 3. The Morgan fingerprint density at radius 3 is 2.68 bits per heavy atom. The quantitative estimate of drug-likeness (QED) is 0.470. The maximum absolute atomic E-state index is 12.2. The topological polar surface area (TPSA) is 110 Å². The maximum Gasteiger partial charge on any atom is 0.338 e. The second-order valence-corrected chi connectivity index (χ2v) is 9.42. The van der Waals surface area contributed by atoms with Crippen molar-refractivity contribution in [3.63, 3.8) is 0 Å². The van der Waals surface area contributed by atoms with Gasteiger partial charge < -0.3 is 19.7 Å². The molecule has 0 aromatic heterocycles. The van der Waals surface area contributed by atoms with Crippen LogP contribution in [0.5, 0.6) is 0 Å². The molecule has 2 fully saturated rings. The summed E-state index contributed by atoms with van der Waals surface area (Å²) in [5, 5.41) is 19.2. The summed E-state index contributed by atoms with van der Waals surface area (Å²) in [5.41, 5.74) is 0.782. The van der Waals surface area contributed by atoms with E-state index in [1.165, 1.54) is 0 Å². The third kappa shape index (κ3) is 4.47. The molecule has 170 valence electrons. The van der Waals surface area contributed by atoms with Gasteiger partial charge in [-0.05, 0) is 43.1 Å². The van der Waals surface area contributed by atoms with Crippen molar-refractivity contribution < 1.29 is 34.1 Å². The van der Waals surface area contributed by atoms with Crippen LogP contribution in [0.15, 0.2) is 36.0 Å². The van der Waals surface area contributed by atoms with E-state index in [1.54, 1.807) is 6.08 Å². The summed E-state index contributed by atoms with van der Waals surface area (Å²) >= 11 is 0. The van der Waals surface area contributed by atoms with Gasteiger partial charge >= 0.3 is 17.9 Å². The van der Waals surface area contributed by atoms with Crippen LogP contribution in [0.1, 0.15) is 52.4 Å². The van der Waals surface area contributed by atoms with Crippen LogP contribution in [0.3, 0.4) is 0 Å². The Morgan fingerprint density at radius 2 is 2.06 bits per heavy atom. The molecule has 0 saturated heterocycles. The zero-order valence-corrected chi connectivity index (χ0v) is 18.3. The molecule has 2 N–H and O–H groups in total. The molecule has 1 aliphatic heterocycles. The van der Waals surface area contributed by atoms with E-state index in [4.69, 9.17) is 14.6 Å². The molecule has 2 aliphatic carbocycles. The number of cyclic esters (lactones) is 1. The van der Waals surface area contributed by atoms with Gasteiger partial charge in [0.2, 0.25) is 0 Å². The van der Waals surface area contributed by atoms with Crippen LogP contribution in [0.25, 0.3) is 0 Å². The molecule has 2 saturated carbocycles. The van der Waals surface area contributed by atoms with Crippen LogP contribution < -0.4 is 0 Å². The van der Waals surface area contributed by atoms with Crippen molar-refractivity contribution in [2.45, 2.75) is 58.5 Å². The monoisotopic (exact) mass is 432 g/mol. The minimum atomic E-state index is -1.04. The minimum Gasteiger partial charge on any atom is -0.481 e. The third-order valence-corrected chi connectivity index (χ3v) is 7.56. The van der Waals surface area contributed by atoms with Crippen molar-refractivity contribution in [2.75, 3.05) is 13.2 Å². The smallest absolute Gasteiger partial charge is 0.338 e. The molecule has 7 nitrogen and oxygen atoms in total. The first-order chi connectivity index (χ1) is 14.6. The lowest BCUT2D eigenvalue weighted by Crippen LogP contribution is -2.58. The van der Waals surface area contributed by atoms with Gasteiger partial charge in [0.25, 0.3) is 0 Å². The second kappa shape index (κ2) is 8.99. The fourth-order valence-electron chi connectivity index (χ4n) is 5.80. The summed E-state index contributed by atoms with van der Waals surface area (Å²) in [4.78, 5) is 34.8. The SMILES string of the molecule is C=C1CCC2C(C)(CO)C(OC(=O)CCC(=O)O)CCC2(C)C1/C=C/C1=CCOC1=O. The van der Waals surface area contributed by atoms with E-state index in [0.717, 1.165) is 24.8 Å². The molecular weight excluding hydrogens is 400 g/mol. The first-order valence-corrected chi connectivity index (χ1v) is 10.9. The predicted molar refractivity (Wildman–Crippen MR) is 113 cm³/mol. The Bertz CT molecular complexity index is 826. The number of carboxylic acids is 1. The number of allylic oxidation sites excluding steroid dienone is 2. The molecule has 0 spiro atoms. The van der Waals surface area contributed by atoms with E-state index in [2.05, 4.69) is 13.5 Å². The molecule has 0 aromatic rings. The van der Waals surface area contributed by atoms with Gasteiger partial charge in [-0.3, -0.25) is 9.59 Å². The van der Waals surface area contributed by atoms with Crippen molar-refractivity contribution in [1.82, 2.24) is 0 Å². The van der Waals surface area contributed by atoms with Gasteiger partial charge in [0.15, 0.2) is 0 Å². The molecular formula is C24H32O7. The summed E-state index contributed by atoms with van der Waals surface area (Å²) in [6, 6.07) is 0. The zero-order chi connectivity index (χ0) is 22.8. The number of esters is 2. The van der Waals surface area contributed by atoms with Gasteiger partial charge in [0, 0.05) is 11.3 Å². The number of aliphatic hydroxyl groups excluding tert-OH is 1. The highest BCUT2D eigenvalue weighted by atomic mass is 16.5. The average Bonchev–Trinajstić information content (AvgIpc) is 3.13. The zero-order valence-electron chi connectivity index (χ0n) is 18.3. The second-order valence-electron chi connectivity index (χ2n) is 9.42. The lowest BCUT2D eigenvalue weighted by Gasteiger charge is -2.59. The van der Waals surface area contributed by atoms with Crippen molar-refractivity contribution in [2.24, 2.45) is 22.7 Å². The van der Waals surface area contributed by atoms with Crippen LogP contribution in [0.4, 0.5) is 0 Å². The fourth-order valence-corrected chi connectivity index (χ4v) is 5.80. The van der Waals surface area contributed by atoms with Gasteiger partial charge in [0.1, 0.15) is 12.7 Å². The number of hydrogen-bond donors (Lipinski definition) is 2. The number of fused-ring (bicyclic) bond motifs is 1. The fraction of sp³-hybridized carbons (Fsp3) is 0.625. The van der Waals surface area contributed by atoms with E-state index >= 15 is 0 Å². The van der Waals surface area contributed by atoms with Crippen molar-refractivity contribution in [3.05, 3.63) is 36.0 Å². The summed E-state index contributed by atoms with van der Waals surface area (Å²) in [6.45, 7) is 8.59. The summed E-state index contributed by atoms with van der Waals surface area (Å²) in [6.07, 6.45) is 7.63. The van der Waals surface area contributed by atoms with Crippen LogP contribution in [0, 0.1) is 22.7 Å². The molecule has 3 rings (SSSR count). The Labute approximate surface area is 182 Å². The Morgan fingerprint density at radius 1 is 1.32 bits per heavy atom. The maximum atomic E-state index is 12.2. The van der Waals surface area contributed by atoms with Crippen molar-refractivity contribution in [3.8, 4) is 0 Å². The highest BCUT2D eigenvalue weighted by molar-refractivity contribution is 5.93. The Hall–Kier alpha value is -2.41. The molecule has 5 atom stereocenters. The lowest BCUT2D eigenvalue weighted by atomic mass is 9.46. The number of aliphatic carboxylic acids is 1. The Kier molecular flexibility index (Phi) is 6.74. The van der Waals surface area contributed by atoms with Crippen LogP contribution in [-0.4, -0.2) is 47.4 Å². The predicted octanol–water partition coefficient (Wildman–Crippen LogP) is 3.18. The molecule has 3 aliphatic rings. The molecule has 31 heavy (non-hydrogen) atoms. The number of carbonyl (C=O) groups excluding carboxylic acids is 2. The van der Waals surface area contributed by atoms with Gasteiger partial charge in [-0.1, -0.05) is 38.2 Å².